The highest BCUT2D eigenvalue weighted by molar-refractivity contribution is 6.01. The molecule has 1 aromatic carbocycles. The summed E-state index contributed by atoms with van der Waals surface area (Å²) in [4.78, 5) is 12.0. The van der Waals surface area contributed by atoms with Crippen molar-refractivity contribution < 1.29 is 4.79 Å². The van der Waals surface area contributed by atoms with E-state index in [0.717, 1.165) is 11.1 Å². The molecule has 0 fully saturated rings. The van der Waals surface area contributed by atoms with Gasteiger partial charge in [0.2, 0.25) is 0 Å². The van der Waals surface area contributed by atoms with Gasteiger partial charge in [0.1, 0.15) is 0 Å². The third-order valence-electron chi connectivity index (χ3n) is 2.19. The van der Waals surface area contributed by atoms with Crippen LogP contribution < -0.4 is 5.73 Å². The summed E-state index contributed by atoms with van der Waals surface area (Å²) in [5, 5.41) is 0. The van der Waals surface area contributed by atoms with Gasteiger partial charge in [-0.2, -0.15) is 0 Å². The molecule has 0 aliphatic carbocycles. The third kappa shape index (κ3) is 2.13. The maximum absolute atomic E-state index is 12.0. The van der Waals surface area contributed by atoms with Crippen molar-refractivity contribution in [3.05, 3.63) is 29.3 Å². The Bertz CT molecular complexity index is 361. The van der Waals surface area contributed by atoms with Gasteiger partial charge in [0.25, 0.3) is 0 Å². The highest BCUT2D eigenvalue weighted by atomic mass is 16.1. The molecular formula is C12H17NO. The summed E-state index contributed by atoms with van der Waals surface area (Å²) in [6.07, 6.45) is 0. The number of hydrogen-bond donors (Lipinski definition) is 1. The lowest BCUT2D eigenvalue weighted by Crippen LogP contribution is -2.21. The topological polar surface area (TPSA) is 43.1 Å². The number of ketones is 1. The molecule has 0 spiro atoms. The minimum atomic E-state index is -0.349. The smallest absolute Gasteiger partial charge is 0.168 e. The Morgan fingerprint density at radius 3 is 2.36 bits per heavy atom. The quantitative estimate of drug-likeness (QED) is 0.548. The number of rotatable bonds is 1. The van der Waals surface area contributed by atoms with E-state index in [9.17, 15) is 4.79 Å². The molecule has 2 N–H and O–H groups in total. The number of hydrogen-bond acceptors (Lipinski definition) is 2. The molecule has 0 aromatic heterocycles. The molecule has 0 radical (unpaired) electrons. The van der Waals surface area contributed by atoms with E-state index >= 15 is 0 Å². The third-order valence-corrected chi connectivity index (χ3v) is 2.19. The fraction of sp³-hybridized carbons (Fsp3) is 0.417. The first kappa shape index (κ1) is 10.8. The van der Waals surface area contributed by atoms with E-state index in [1.54, 1.807) is 6.07 Å². The first-order chi connectivity index (χ1) is 6.32. The summed E-state index contributed by atoms with van der Waals surface area (Å²) in [6, 6.07) is 5.45. The monoisotopic (exact) mass is 191 g/mol. The predicted molar refractivity (Wildman–Crippen MR) is 59.4 cm³/mol. The average Bonchev–Trinajstić information content (AvgIpc) is 2.06. The van der Waals surface area contributed by atoms with Gasteiger partial charge in [-0.05, 0) is 24.6 Å². The molecule has 0 saturated carbocycles. The van der Waals surface area contributed by atoms with Gasteiger partial charge in [0.15, 0.2) is 5.78 Å². The average molecular weight is 191 g/mol. The number of aryl methyl sites for hydroxylation is 1. The summed E-state index contributed by atoms with van der Waals surface area (Å²) < 4.78 is 0. The molecule has 0 unspecified atom stereocenters. The number of carbonyl (C=O) groups is 1. The minimum Gasteiger partial charge on any atom is -0.399 e. The van der Waals surface area contributed by atoms with Crippen LogP contribution >= 0.6 is 0 Å². The predicted octanol–water partition coefficient (Wildman–Crippen LogP) is 2.81. The molecule has 14 heavy (non-hydrogen) atoms. The Labute approximate surface area is 85.1 Å². The number of carbonyl (C=O) groups excluding carboxylic acids is 1. The van der Waals surface area contributed by atoms with Crippen LogP contribution in [-0.2, 0) is 0 Å². The molecule has 0 saturated heterocycles. The number of nitrogen functional groups attached to an aromatic ring is 1. The number of benzene rings is 1. The molecule has 0 heterocycles. The maximum Gasteiger partial charge on any atom is 0.168 e. The van der Waals surface area contributed by atoms with E-state index in [4.69, 9.17) is 5.73 Å². The Hall–Kier alpha value is -1.31. The van der Waals surface area contributed by atoms with Gasteiger partial charge < -0.3 is 5.73 Å². The maximum atomic E-state index is 12.0. The molecule has 0 bridgehead atoms. The summed E-state index contributed by atoms with van der Waals surface area (Å²) in [5.41, 5.74) is 7.67. The van der Waals surface area contributed by atoms with Crippen molar-refractivity contribution >= 4 is 11.5 Å². The lowest BCUT2D eigenvalue weighted by Gasteiger charge is -2.18. The van der Waals surface area contributed by atoms with Crippen LogP contribution in [0.2, 0.25) is 0 Å². The van der Waals surface area contributed by atoms with Crippen LogP contribution in [0.1, 0.15) is 36.7 Å². The van der Waals surface area contributed by atoms with Crippen molar-refractivity contribution in [2.24, 2.45) is 5.41 Å². The second kappa shape index (κ2) is 3.45. The normalized spacial score (nSPS) is 11.4. The van der Waals surface area contributed by atoms with E-state index in [1.165, 1.54) is 0 Å². The van der Waals surface area contributed by atoms with E-state index in [2.05, 4.69) is 0 Å². The zero-order chi connectivity index (χ0) is 10.9. The molecular weight excluding hydrogens is 174 g/mol. The van der Waals surface area contributed by atoms with Crippen LogP contribution in [0, 0.1) is 12.3 Å². The first-order valence-corrected chi connectivity index (χ1v) is 4.73. The summed E-state index contributed by atoms with van der Waals surface area (Å²) >= 11 is 0. The van der Waals surface area contributed by atoms with Gasteiger partial charge in [-0.25, -0.2) is 0 Å². The number of anilines is 1. The molecule has 0 amide bonds. The van der Waals surface area contributed by atoms with Crippen LogP contribution in [0.25, 0.3) is 0 Å². The van der Waals surface area contributed by atoms with Gasteiger partial charge in [-0.15, -0.1) is 0 Å². The van der Waals surface area contributed by atoms with Crippen molar-refractivity contribution in [2.45, 2.75) is 27.7 Å². The zero-order valence-corrected chi connectivity index (χ0v) is 9.22. The Morgan fingerprint density at radius 2 is 1.86 bits per heavy atom. The highest BCUT2D eigenvalue weighted by Crippen LogP contribution is 2.24. The van der Waals surface area contributed by atoms with Crippen LogP contribution in [0.15, 0.2) is 18.2 Å². The Balaban J connectivity index is 3.19. The summed E-state index contributed by atoms with van der Waals surface area (Å²) in [6.45, 7) is 7.67. The van der Waals surface area contributed by atoms with E-state index in [1.807, 2.05) is 39.8 Å². The van der Waals surface area contributed by atoms with Crippen LogP contribution in [0.5, 0.6) is 0 Å². The van der Waals surface area contributed by atoms with Gasteiger partial charge in [-0.3, -0.25) is 4.79 Å². The van der Waals surface area contributed by atoms with Gasteiger partial charge >= 0.3 is 0 Å². The standard InChI is InChI=1S/C12H17NO/c1-8-5-6-9(13)7-10(8)11(14)12(2,3)4/h5-7H,13H2,1-4H3. The van der Waals surface area contributed by atoms with E-state index < -0.39 is 0 Å². The zero-order valence-electron chi connectivity index (χ0n) is 9.22. The molecule has 1 aromatic rings. The Morgan fingerprint density at radius 1 is 1.29 bits per heavy atom. The first-order valence-electron chi connectivity index (χ1n) is 4.73. The lowest BCUT2D eigenvalue weighted by molar-refractivity contribution is 0.0857. The van der Waals surface area contributed by atoms with Crippen molar-refractivity contribution in [1.82, 2.24) is 0 Å². The van der Waals surface area contributed by atoms with Gasteiger partial charge in [0, 0.05) is 16.7 Å². The van der Waals surface area contributed by atoms with Crippen LogP contribution in [-0.4, -0.2) is 5.78 Å². The largest absolute Gasteiger partial charge is 0.399 e. The van der Waals surface area contributed by atoms with Crippen molar-refractivity contribution in [3.8, 4) is 0 Å². The summed E-state index contributed by atoms with van der Waals surface area (Å²) in [5.74, 6) is 0.141. The molecule has 2 heteroatoms. The molecule has 1 rings (SSSR count). The van der Waals surface area contributed by atoms with Gasteiger partial charge in [-0.1, -0.05) is 26.8 Å². The van der Waals surface area contributed by atoms with Crippen LogP contribution in [0.3, 0.4) is 0 Å². The fourth-order valence-corrected chi connectivity index (χ4v) is 1.29. The Kier molecular flexibility index (Phi) is 2.65. The fourth-order valence-electron chi connectivity index (χ4n) is 1.29. The number of Topliss-reactive ketones (excluding diaryl/α,β-unsaturated/α-hetero) is 1. The van der Waals surface area contributed by atoms with E-state index in [-0.39, 0.29) is 11.2 Å². The molecule has 0 atom stereocenters. The SMILES string of the molecule is Cc1ccc(N)cc1C(=O)C(C)(C)C. The molecule has 0 aliphatic rings. The van der Waals surface area contributed by atoms with Crippen molar-refractivity contribution in [3.63, 3.8) is 0 Å². The molecule has 76 valence electrons. The lowest BCUT2D eigenvalue weighted by atomic mass is 9.85. The minimum absolute atomic E-state index is 0.141. The van der Waals surface area contributed by atoms with Crippen molar-refractivity contribution in [1.29, 1.82) is 0 Å². The second-order valence-electron chi connectivity index (χ2n) is 4.65. The molecule has 2 nitrogen and oxygen atoms in total. The number of nitrogens with two attached hydrogens (primary N) is 1. The van der Waals surface area contributed by atoms with Gasteiger partial charge in [0.05, 0.1) is 0 Å². The van der Waals surface area contributed by atoms with Crippen molar-refractivity contribution in [2.75, 3.05) is 5.73 Å². The second-order valence-corrected chi connectivity index (χ2v) is 4.65. The van der Waals surface area contributed by atoms with E-state index in [0.29, 0.717) is 5.69 Å². The summed E-state index contributed by atoms with van der Waals surface area (Å²) in [7, 11) is 0. The van der Waals surface area contributed by atoms with Crippen LogP contribution in [0.4, 0.5) is 5.69 Å². The highest BCUT2D eigenvalue weighted by Gasteiger charge is 2.24. The molecule has 0 aliphatic heterocycles.